The van der Waals surface area contributed by atoms with Gasteiger partial charge in [-0.2, -0.15) is 0 Å². The summed E-state index contributed by atoms with van der Waals surface area (Å²) in [6.07, 6.45) is 0. The van der Waals surface area contributed by atoms with Crippen molar-refractivity contribution in [2.75, 3.05) is 0 Å². The van der Waals surface area contributed by atoms with Gasteiger partial charge < -0.3 is 10.1 Å². The van der Waals surface area contributed by atoms with Crippen molar-refractivity contribution in [3.8, 4) is 21.9 Å². The van der Waals surface area contributed by atoms with Gasteiger partial charge in [-0.05, 0) is 29.7 Å². The Labute approximate surface area is 173 Å². The minimum Gasteiger partial charge on any atom is -0.507 e. The van der Waals surface area contributed by atoms with Gasteiger partial charge in [0.25, 0.3) is 5.56 Å². The number of hydrogen-bond donors (Lipinski definition) is 2. The Morgan fingerprint density at radius 2 is 1.72 bits per heavy atom. The lowest BCUT2D eigenvalue weighted by atomic mass is 10.1. The predicted octanol–water partition coefficient (Wildman–Crippen LogP) is 4.92. The number of aromatic nitrogens is 2. The molecule has 0 unspecified atom stereocenters. The Hall–Kier alpha value is -3.35. The second kappa shape index (κ2) is 6.62. The van der Waals surface area contributed by atoms with Crippen LogP contribution in [0.1, 0.15) is 0 Å². The summed E-state index contributed by atoms with van der Waals surface area (Å²) in [4.78, 5) is 29.5. The summed E-state index contributed by atoms with van der Waals surface area (Å²) in [5.74, 6) is 0.0146. The molecule has 0 aliphatic rings. The van der Waals surface area contributed by atoms with E-state index in [9.17, 15) is 14.7 Å². The van der Waals surface area contributed by atoms with Gasteiger partial charge in [-0.15, -0.1) is 11.3 Å². The standard InChI is InChI=1S/C22H13ClN2O3S/c23-14-8-4-10-17(26)19(14)18-11-15-20(29-18)21(27)25(22(28)24-15)16-9-3-6-12-5-1-2-7-13(12)16/h1-11,26H,(H,24,28). The zero-order valence-electron chi connectivity index (χ0n) is 14.8. The van der Waals surface area contributed by atoms with Gasteiger partial charge in [-0.25, -0.2) is 9.36 Å². The maximum atomic E-state index is 13.3. The second-order valence-corrected chi connectivity index (χ2v) is 8.02. The summed E-state index contributed by atoms with van der Waals surface area (Å²) in [7, 11) is 0. The number of hydrogen-bond acceptors (Lipinski definition) is 4. The van der Waals surface area contributed by atoms with E-state index in [0.717, 1.165) is 15.3 Å². The minimum atomic E-state index is -0.522. The zero-order chi connectivity index (χ0) is 20.1. The number of benzene rings is 3. The Balaban J connectivity index is 1.82. The molecule has 0 fully saturated rings. The first kappa shape index (κ1) is 17.7. The van der Waals surface area contributed by atoms with Crippen molar-refractivity contribution in [2.45, 2.75) is 0 Å². The molecule has 3 aromatic carbocycles. The smallest absolute Gasteiger partial charge is 0.333 e. The van der Waals surface area contributed by atoms with E-state index in [1.807, 2.05) is 36.4 Å². The number of nitrogens with zero attached hydrogens (tertiary/aromatic N) is 1. The van der Waals surface area contributed by atoms with Crippen LogP contribution in [0, 0.1) is 0 Å². The van der Waals surface area contributed by atoms with Crippen LogP contribution < -0.4 is 11.2 Å². The molecule has 2 N–H and O–H groups in total. The number of halogens is 1. The summed E-state index contributed by atoms with van der Waals surface area (Å²) in [6, 6.07) is 19.6. The lowest BCUT2D eigenvalue weighted by molar-refractivity contribution is 0.477. The Kier molecular flexibility index (Phi) is 4.04. The number of aromatic amines is 1. The predicted molar refractivity (Wildman–Crippen MR) is 118 cm³/mol. The molecule has 142 valence electrons. The van der Waals surface area contributed by atoms with E-state index in [2.05, 4.69) is 4.98 Å². The molecule has 2 heterocycles. The highest BCUT2D eigenvalue weighted by molar-refractivity contribution is 7.22. The maximum Gasteiger partial charge on any atom is 0.333 e. The van der Waals surface area contributed by atoms with Gasteiger partial charge in [0, 0.05) is 10.3 Å². The van der Waals surface area contributed by atoms with Crippen LogP contribution in [0.3, 0.4) is 0 Å². The number of fused-ring (bicyclic) bond motifs is 2. The lowest BCUT2D eigenvalue weighted by Crippen LogP contribution is -2.33. The van der Waals surface area contributed by atoms with Gasteiger partial charge in [-0.1, -0.05) is 54.1 Å². The highest BCUT2D eigenvalue weighted by Crippen LogP contribution is 2.40. The van der Waals surface area contributed by atoms with Crippen molar-refractivity contribution in [2.24, 2.45) is 0 Å². The number of phenols is 1. The molecule has 0 atom stereocenters. The van der Waals surface area contributed by atoms with Gasteiger partial charge in [0.1, 0.15) is 10.4 Å². The third-order valence-corrected chi connectivity index (χ3v) is 6.28. The summed E-state index contributed by atoms with van der Waals surface area (Å²) in [6.45, 7) is 0. The molecule has 5 aromatic rings. The number of phenolic OH excluding ortho intramolecular Hbond substituents is 1. The minimum absolute atomic E-state index is 0.0146. The highest BCUT2D eigenvalue weighted by atomic mass is 35.5. The van der Waals surface area contributed by atoms with Crippen LogP contribution in [0.25, 0.3) is 37.1 Å². The maximum absolute atomic E-state index is 13.3. The Morgan fingerprint density at radius 1 is 0.966 bits per heavy atom. The molecule has 29 heavy (non-hydrogen) atoms. The van der Waals surface area contributed by atoms with Crippen molar-refractivity contribution in [3.05, 3.63) is 92.6 Å². The normalized spacial score (nSPS) is 11.3. The van der Waals surface area contributed by atoms with Crippen molar-refractivity contribution >= 4 is 43.9 Å². The van der Waals surface area contributed by atoms with E-state index in [0.29, 0.717) is 31.4 Å². The SMILES string of the molecule is O=c1[nH]c2cc(-c3c(O)cccc3Cl)sc2c(=O)n1-c1cccc2ccccc12. The third-order valence-electron chi connectivity index (χ3n) is 4.82. The lowest BCUT2D eigenvalue weighted by Gasteiger charge is -2.08. The van der Waals surface area contributed by atoms with Crippen LogP contribution in [-0.2, 0) is 0 Å². The quantitative estimate of drug-likeness (QED) is 0.425. The first-order valence-electron chi connectivity index (χ1n) is 8.79. The van der Waals surface area contributed by atoms with Crippen LogP contribution in [0.4, 0.5) is 0 Å². The number of aromatic hydroxyl groups is 1. The number of H-pyrrole nitrogens is 1. The summed E-state index contributed by atoms with van der Waals surface area (Å²) in [5.41, 5.74) is 0.435. The Bertz CT molecular complexity index is 1510. The van der Waals surface area contributed by atoms with Crippen molar-refractivity contribution in [1.82, 2.24) is 9.55 Å². The van der Waals surface area contributed by atoms with Crippen LogP contribution in [0.15, 0.2) is 76.3 Å². The fourth-order valence-corrected chi connectivity index (χ4v) is 4.95. The largest absolute Gasteiger partial charge is 0.507 e. The fourth-order valence-electron chi connectivity index (χ4n) is 3.51. The van der Waals surface area contributed by atoms with Gasteiger partial charge in [0.2, 0.25) is 0 Å². The molecular weight excluding hydrogens is 408 g/mol. The molecular formula is C22H13ClN2O3S. The van der Waals surface area contributed by atoms with Crippen molar-refractivity contribution in [3.63, 3.8) is 0 Å². The average molecular weight is 421 g/mol. The third kappa shape index (κ3) is 2.76. The molecule has 0 saturated heterocycles. The van der Waals surface area contributed by atoms with E-state index in [1.165, 1.54) is 17.4 Å². The number of rotatable bonds is 2. The second-order valence-electron chi connectivity index (χ2n) is 6.56. The average Bonchev–Trinajstić information content (AvgIpc) is 3.12. The topological polar surface area (TPSA) is 75.1 Å². The number of thiophene rings is 1. The molecule has 0 amide bonds. The van der Waals surface area contributed by atoms with E-state index < -0.39 is 11.2 Å². The van der Waals surface area contributed by atoms with Crippen LogP contribution in [0.5, 0.6) is 5.75 Å². The van der Waals surface area contributed by atoms with Crippen LogP contribution in [-0.4, -0.2) is 14.7 Å². The summed E-state index contributed by atoms with van der Waals surface area (Å²) >= 11 is 7.43. The molecule has 0 spiro atoms. The number of nitrogens with one attached hydrogen (secondary N) is 1. The summed E-state index contributed by atoms with van der Waals surface area (Å²) in [5, 5.41) is 12.3. The van der Waals surface area contributed by atoms with E-state index in [4.69, 9.17) is 11.6 Å². The highest BCUT2D eigenvalue weighted by Gasteiger charge is 2.18. The van der Waals surface area contributed by atoms with Gasteiger partial charge in [0.15, 0.2) is 0 Å². The van der Waals surface area contributed by atoms with E-state index >= 15 is 0 Å². The molecule has 0 saturated carbocycles. The monoisotopic (exact) mass is 420 g/mol. The zero-order valence-corrected chi connectivity index (χ0v) is 16.4. The van der Waals surface area contributed by atoms with Gasteiger partial charge >= 0.3 is 5.69 Å². The molecule has 7 heteroatoms. The molecule has 0 bridgehead atoms. The van der Waals surface area contributed by atoms with E-state index in [1.54, 1.807) is 24.3 Å². The first-order valence-corrected chi connectivity index (χ1v) is 9.99. The Morgan fingerprint density at radius 3 is 2.55 bits per heavy atom. The molecule has 2 aromatic heterocycles. The van der Waals surface area contributed by atoms with Crippen molar-refractivity contribution in [1.29, 1.82) is 0 Å². The first-order chi connectivity index (χ1) is 14.0. The van der Waals surface area contributed by atoms with Crippen LogP contribution in [0.2, 0.25) is 5.02 Å². The molecule has 5 rings (SSSR count). The fraction of sp³-hybridized carbons (Fsp3) is 0. The van der Waals surface area contributed by atoms with Crippen molar-refractivity contribution < 1.29 is 5.11 Å². The molecule has 0 radical (unpaired) electrons. The van der Waals surface area contributed by atoms with E-state index in [-0.39, 0.29) is 5.75 Å². The van der Waals surface area contributed by atoms with Gasteiger partial charge in [0.05, 0.1) is 21.8 Å². The molecule has 0 aliphatic heterocycles. The summed E-state index contributed by atoms with van der Waals surface area (Å²) < 4.78 is 1.53. The molecule has 0 aliphatic carbocycles. The molecule has 5 nitrogen and oxygen atoms in total. The van der Waals surface area contributed by atoms with Gasteiger partial charge in [-0.3, -0.25) is 4.79 Å². The van der Waals surface area contributed by atoms with Crippen LogP contribution >= 0.6 is 22.9 Å².